The predicted octanol–water partition coefficient (Wildman–Crippen LogP) is 3.79. The molecule has 2 heterocycles. The molecule has 23 heavy (non-hydrogen) atoms. The van der Waals surface area contributed by atoms with Gasteiger partial charge in [-0.15, -0.1) is 0 Å². The second-order valence-electron chi connectivity index (χ2n) is 7.01. The second-order valence-corrected chi connectivity index (χ2v) is 7.01. The predicted molar refractivity (Wildman–Crippen MR) is 91.7 cm³/mol. The van der Waals surface area contributed by atoms with Crippen molar-refractivity contribution in [1.29, 1.82) is 0 Å². The van der Waals surface area contributed by atoms with Gasteiger partial charge in [0.1, 0.15) is 5.75 Å². The molecule has 2 fully saturated rings. The van der Waals surface area contributed by atoms with E-state index < -0.39 is 0 Å². The SMILES string of the molecule is CC1CCN(c2cccc(O)c2)C(CCC2OCCCO2)C1C. The number of hydrogen-bond acceptors (Lipinski definition) is 4. The number of aromatic hydroxyl groups is 1. The van der Waals surface area contributed by atoms with Gasteiger partial charge in [-0.05, 0) is 43.2 Å². The van der Waals surface area contributed by atoms with Gasteiger partial charge >= 0.3 is 0 Å². The summed E-state index contributed by atoms with van der Waals surface area (Å²) in [5, 5.41) is 9.81. The molecule has 0 bridgehead atoms. The number of nitrogens with zero attached hydrogens (tertiary/aromatic N) is 1. The quantitative estimate of drug-likeness (QED) is 0.917. The summed E-state index contributed by atoms with van der Waals surface area (Å²) >= 11 is 0. The maximum atomic E-state index is 9.81. The van der Waals surface area contributed by atoms with Crippen LogP contribution in [0.25, 0.3) is 0 Å². The number of ether oxygens (including phenoxy) is 2. The highest BCUT2D eigenvalue weighted by atomic mass is 16.7. The molecule has 0 amide bonds. The van der Waals surface area contributed by atoms with Crippen molar-refractivity contribution in [2.75, 3.05) is 24.7 Å². The minimum absolute atomic E-state index is 0.0424. The van der Waals surface area contributed by atoms with E-state index in [1.165, 1.54) is 6.42 Å². The molecule has 3 rings (SSSR count). The van der Waals surface area contributed by atoms with E-state index in [0.29, 0.717) is 17.7 Å². The van der Waals surface area contributed by atoms with Gasteiger partial charge in [0.2, 0.25) is 0 Å². The molecule has 0 radical (unpaired) electrons. The third-order valence-electron chi connectivity index (χ3n) is 5.49. The number of benzene rings is 1. The van der Waals surface area contributed by atoms with Crippen molar-refractivity contribution in [3.63, 3.8) is 0 Å². The van der Waals surface area contributed by atoms with Gasteiger partial charge in [-0.1, -0.05) is 19.9 Å². The number of piperidine rings is 1. The Kier molecular flexibility index (Phi) is 5.44. The Balaban J connectivity index is 1.70. The van der Waals surface area contributed by atoms with Gasteiger partial charge in [-0.2, -0.15) is 0 Å². The van der Waals surface area contributed by atoms with Crippen molar-refractivity contribution >= 4 is 5.69 Å². The van der Waals surface area contributed by atoms with E-state index >= 15 is 0 Å². The maximum absolute atomic E-state index is 9.81. The van der Waals surface area contributed by atoms with E-state index in [9.17, 15) is 5.11 Å². The highest BCUT2D eigenvalue weighted by Crippen LogP contribution is 2.36. The first-order chi connectivity index (χ1) is 11.1. The minimum Gasteiger partial charge on any atom is -0.508 e. The lowest BCUT2D eigenvalue weighted by atomic mass is 9.80. The van der Waals surface area contributed by atoms with Crippen molar-refractivity contribution in [1.82, 2.24) is 0 Å². The molecule has 0 aromatic heterocycles. The molecular weight excluding hydrogens is 290 g/mol. The molecule has 3 atom stereocenters. The fraction of sp³-hybridized carbons (Fsp3) is 0.684. The number of anilines is 1. The topological polar surface area (TPSA) is 41.9 Å². The van der Waals surface area contributed by atoms with Gasteiger partial charge in [0.05, 0.1) is 13.2 Å². The van der Waals surface area contributed by atoms with Gasteiger partial charge < -0.3 is 19.5 Å². The van der Waals surface area contributed by atoms with E-state index in [2.05, 4.69) is 24.8 Å². The lowest BCUT2D eigenvalue weighted by Gasteiger charge is -2.45. The standard InChI is InChI=1S/C19H29NO3/c1-14-9-10-20(16-5-3-6-17(21)13-16)18(15(14)2)7-8-19-22-11-4-12-23-19/h3,5-6,13-15,18-19,21H,4,7-12H2,1-2H3. The van der Waals surface area contributed by atoms with Gasteiger partial charge in [0.25, 0.3) is 0 Å². The second kappa shape index (κ2) is 7.54. The van der Waals surface area contributed by atoms with Crippen LogP contribution in [0, 0.1) is 11.8 Å². The average Bonchev–Trinajstić information content (AvgIpc) is 2.57. The molecule has 2 saturated heterocycles. The van der Waals surface area contributed by atoms with Crippen molar-refractivity contribution in [3.05, 3.63) is 24.3 Å². The number of phenols is 1. The summed E-state index contributed by atoms with van der Waals surface area (Å²) in [5.74, 6) is 1.68. The molecule has 4 heteroatoms. The number of hydrogen-bond donors (Lipinski definition) is 1. The zero-order valence-electron chi connectivity index (χ0n) is 14.3. The minimum atomic E-state index is -0.0424. The van der Waals surface area contributed by atoms with E-state index in [0.717, 1.165) is 50.6 Å². The van der Waals surface area contributed by atoms with Crippen molar-refractivity contribution < 1.29 is 14.6 Å². The molecular formula is C19H29NO3. The molecule has 0 spiro atoms. The first kappa shape index (κ1) is 16.6. The normalized spacial score (nSPS) is 29.7. The number of rotatable bonds is 4. The number of phenolic OH excluding ortho intramolecular Hbond substituents is 1. The lowest BCUT2D eigenvalue weighted by Crippen LogP contribution is -2.48. The van der Waals surface area contributed by atoms with Gasteiger partial charge in [0, 0.05) is 30.8 Å². The Hall–Kier alpha value is -1.26. The Labute approximate surface area is 139 Å². The Bertz CT molecular complexity index is 501. The largest absolute Gasteiger partial charge is 0.508 e. The van der Waals surface area contributed by atoms with Crippen LogP contribution in [0.1, 0.15) is 39.5 Å². The third kappa shape index (κ3) is 3.99. The summed E-state index contributed by atoms with van der Waals surface area (Å²) in [6.07, 6.45) is 4.16. The van der Waals surface area contributed by atoms with Crippen LogP contribution < -0.4 is 4.90 Å². The van der Waals surface area contributed by atoms with Crippen molar-refractivity contribution in [2.45, 2.75) is 51.9 Å². The van der Waals surface area contributed by atoms with Crippen molar-refractivity contribution in [2.24, 2.45) is 11.8 Å². The smallest absolute Gasteiger partial charge is 0.157 e. The van der Waals surface area contributed by atoms with E-state index in [4.69, 9.17) is 9.47 Å². The first-order valence-electron chi connectivity index (χ1n) is 8.94. The van der Waals surface area contributed by atoms with Gasteiger partial charge in [0.15, 0.2) is 6.29 Å². The molecule has 1 aromatic rings. The van der Waals surface area contributed by atoms with E-state index in [-0.39, 0.29) is 6.29 Å². The summed E-state index contributed by atoms with van der Waals surface area (Å²) in [6.45, 7) is 7.39. The zero-order valence-corrected chi connectivity index (χ0v) is 14.3. The Morgan fingerprint density at radius 1 is 1.17 bits per heavy atom. The summed E-state index contributed by atoms with van der Waals surface area (Å²) in [5.41, 5.74) is 1.12. The van der Waals surface area contributed by atoms with E-state index in [1.807, 2.05) is 12.1 Å². The third-order valence-corrected chi connectivity index (χ3v) is 5.49. The van der Waals surface area contributed by atoms with Crippen LogP contribution in [0.3, 0.4) is 0 Å². The van der Waals surface area contributed by atoms with Crippen LogP contribution in [-0.2, 0) is 9.47 Å². The van der Waals surface area contributed by atoms with Gasteiger partial charge in [-0.25, -0.2) is 0 Å². The molecule has 3 unspecified atom stereocenters. The van der Waals surface area contributed by atoms with Crippen LogP contribution in [-0.4, -0.2) is 37.2 Å². The van der Waals surface area contributed by atoms with Gasteiger partial charge in [-0.3, -0.25) is 0 Å². The average molecular weight is 319 g/mol. The fourth-order valence-electron chi connectivity index (χ4n) is 3.86. The molecule has 2 aliphatic heterocycles. The summed E-state index contributed by atoms with van der Waals surface area (Å²) < 4.78 is 11.4. The van der Waals surface area contributed by atoms with E-state index in [1.54, 1.807) is 6.07 Å². The summed E-state index contributed by atoms with van der Waals surface area (Å²) in [6, 6.07) is 8.11. The molecule has 2 aliphatic rings. The van der Waals surface area contributed by atoms with Crippen molar-refractivity contribution in [3.8, 4) is 5.75 Å². The van der Waals surface area contributed by atoms with Crippen LogP contribution in [0.5, 0.6) is 5.75 Å². The Morgan fingerprint density at radius 2 is 1.96 bits per heavy atom. The zero-order chi connectivity index (χ0) is 16.2. The molecule has 1 aromatic carbocycles. The van der Waals surface area contributed by atoms with Crippen LogP contribution in [0.2, 0.25) is 0 Å². The first-order valence-corrected chi connectivity index (χ1v) is 8.94. The molecule has 1 N–H and O–H groups in total. The lowest BCUT2D eigenvalue weighted by molar-refractivity contribution is -0.182. The molecule has 128 valence electrons. The van der Waals surface area contributed by atoms with Crippen LogP contribution >= 0.6 is 0 Å². The summed E-state index contributed by atoms with van der Waals surface area (Å²) in [4.78, 5) is 2.47. The Morgan fingerprint density at radius 3 is 2.70 bits per heavy atom. The highest BCUT2D eigenvalue weighted by molar-refractivity contribution is 5.51. The fourth-order valence-corrected chi connectivity index (χ4v) is 3.86. The highest BCUT2D eigenvalue weighted by Gasteiger charge is 2.33. The molecule has 4 nitrogen and oxygen atoms in total. The molecule has 0 aliphatic carbocycles. The van der Waals surface area contributed by atoms with Crippen LogP contribution in [0.4, 0.5) is 5.69 Å². The summed E-state index contributed by atoms with van der Waals surface area (Å²) in [7, 11) is 0. The monoisotopic (exact) mass is 319 g/mol. The molecule has 0 saturated carbocycles. The van der Waals surface area contributed by atoms with Crippen LogP contribution in [0.15, 0.2) is 24.3 Å². The maximum Gasteiger partial charge on any atom is 0.157 e.